The van der Waals surface area contributed by atoms with Gasteiger partial charge in [-0.25, -0.2) is 4.79 Å². The van der Waals surface area contributed by atoms with Gasteiger partial charge in [0, 0.05) is 6.54 Å². The lowest BCUT2D eigenvalue weighted by Crippen LogP contribution is -2.32. The molecule has 78 valence electrons. The maximum Gasteiger partial charge on any atom is 0.396 e. The number of halogens is 1. The molecule has 0 bridgehead atoms. The van der Waals surface area contributed by atoms with Crippen molar-refractivity contribution in [3.63, 3.8) is 0 Å². The van der Waals surface area contributed by atoms with Crippen LogP contribution in [0.5, 0.6) is 0 Å². The van der Waals surface area contributed by atoms with E-state index in [1.165, 1.54) is 7.11 Å². The summed E-state index contributed by atoms with van der Waals surface area (Å²) < 4.78 is 4.19. The van der Waals surface area contributed by atoms with E-state index < -0.39 is 11.9 Å². The first-order chi connectivity index (χ1) is 5.72. The fraction of sp³-hybridized carbons (Fsp3) is 0.714. The monoisotopic (exact) mass is 210 g/mol. The third-order valence-electron chi connectivity index (χ3n) is 1.29. The third-order valence-corrected chi connectivity index (χ3v) is 1.29. The van der Waals surface area contributed by atoms with Crippen molar-refractivity contribution in [2.24, 2.45) is 5.73 Å². The number of carbonyl (C=O) groups excluding carboxylic acids is 2. The average Bonchev–Trinajstić information content (AvgIpc) is 2.10. The van der Waals surface area contributed by atoms with E-state index >= 15 is 0 Å². The third kappa shape index (κ3) is 7.55. The highest BCUT2D eigenvalue weighted by atomic mass is 35.5. The Bertz CT molecular complexity index is 164. The van der Waals surface area contributed by atoms with E-state index in [1.807, 2.05) is 0 Å². The molecular formula is C7H15ClN2O3. The standard InChI is InChI=1S/C7H14N2O3.ClH/c1-12-7(11)6(10)9-5-3-2-4-8;/h2-5,8H2,1H3,(H,9,10);1H. The highest BCUT2D eigenvalue weighted by Gasteiger charge is 2.11. The largest absolute Gasteiger partial charge is 0.462 e. The van der Waals surface area contributed by atoms with Crippen LogP contribution in [0.2, 0.25) is 0 Å². The summed E-state index contributed by atoms with van der Waals surface area (Å²) in [5, 5.41) is 2.40. The van der Waals surface area contributed by atoms with Gasteiger partial charge < -0.3 is 15.8 Å². The molecule has 0 saturated heterocycles. The van der Waals surface area contributed by atoms with Gasteiger partial charge in [-0.15, -0.1) is 12.4 Å². The number of hydrogen-bond donors (Lipinski definition) is 2. The minimum absolute atomic E-state index is 0. The van der Waals surface area contributed by atoms with E-state index in [0.29, 0.717) is 13.1 Å². The molecule has 0 unspecified atom stereocenters. The highest BCUT2D eigenvalue weighted by molar-refractivity contribution is 6.32. The van der Waals surface area contributed by atoms with Gasteiger partial charge in [0.15, 0.2) is 0 Å². The summed E-state index contributed by atoms with van der Waals surface area (Å²) >= 11 is 0. The quantitative estimate of drug-likeness (QED) is 0.370. The van der Waals surface area contributed by atoms with E-state index in [9.17, 15) is 9.59 Å². The number of unbranched alkanes of at least 4 members (excludes halogenated alkanes) is 1. The summed E-state index contributed by atoms with van der Waals surface area (Å²) in [5.41, 5.74) is 5.23. The van der Waals surface area contributed by atoms with E-state index in [1.54, 1.807) is 0 Å². The fourth-order valence-electron chi connectivity index (χ4n) is 0.636. The molecule has 0 aromatic heterocycles. The molecule has 0 atom stereocenters. The van der Waals surface area contributed by atoms with Crippen LogP contribution in [0.1, 0.15) is 12.8 Å². The van der Waals surface area contributed by atoms with Crippen molar-refractivity contribution in [2.45, 2.75) is 12.8 Å². The van der Waals surface area contributed by atoms with Crippen LogP contribution >= 0.6 is 12.4 Å². The molecule has 5 nitrogen and oxygen atoms in total. The van der Waals surface area contributed by atoms with E-state index in [0.717, 1.165) is 12.8 Å². The Morgan fingerprint density at radius 3 is 2.46 bits per heavy atom. The van der Waals surface area contributed by atoms with Crippen molar-refractivity contribution < 1.29 is 14.3 Å². The van der Waals surface area contributed by atoms with Crippen LogP contribution in [-0.2, 0) is 14.3 Å². The Balaban J connectivity index is 0. The Morgan fingerprint density at radius 1 is 1.38 bits per heavy atom. The molecule has 0 aliphatic carbocycles. The van der Waals surface area contributed by atoms with Crippen LogP contribution in [0.4, 0.5) is 0 Å². The van der Waals surface area contributed by atoms with Crippen molar-refractivity contribution >= 4 is 24.3 Å². The first-order valence-corrected chi connectivity index (χ1v) is 3.78. The molecule has 0 heterocycles. The summed E-state index contributed by atoms with van der Waals surface area (Å²) in [6, 6.07) is 0. The Morgan fingerprint density at radius 2 is 2.00 bits per heavy atom. The van der Waals surface area contributed by atoms with Gasteiger partial charge in [-0.05, 0) is 19.4 Å². The summed E-state index contributed by atoms with van der Waals surface area (Å²) in [5.74, 6) is -1.56. The molecule has 0 fully saturated rings. The molecule has 0 aliphatic heterocycles. The second-order valence-electron chi connectivity index (χ2n) is 2.24. The molecule has 13 heavy (non-hydrogen) atoms. The van der Waals surface area contributed by atoms with Crippen LogP contribution in [0, 0.1) is 0 Å². The van der Waals surface area contributed by atoms with E-state index in [4.69, 9.17) is 5.73 Å². The Hall–Kier alpha value is -0.810. The SMILES string of the molecule is COC(=O)C(=O)NCCCCN.Cl. The molecule has 0 spiro atoms. The lowest BCUT2D eigenvalue weighted by Gasteiger charge is -2.01. The minimum atomic E-state index is -0.859. The predicted octanol–water partition coefficient (Wildman–Crippen LogP) is -0.564. The van der Waals surface area contributed by atoms with Gasteiger partial charge in [-0.1, -0.05) is 0 Å². The molecule has 0 aromatic carbocycles. The molecule has 0 radical (unpaired) electrons. The Kier molecular flexibility index (Phi) is 10.5. The van der Waals surface area contributed by atoms with Crippen LogP contribution in [0.25, 0.3) is 0 Å². The molecule has 0 rings (SSSR count). The van der Waals surface area contributed by atoms with Gasteiger partial charge in [-0.3, -0.25) is 4.79 Å². The highest BCUT2D eigenvalue weighted by Crippen LogP contribution is 1.82. The van der Waals surface area contributed by atoms with Gasteiger partial charge in [-0.2, -0.15) is 0 Å². The number of nitrogens with one attached hydrogen (secondary N) is 1. The van der Waals surface area contributed by atoms with E-state index in [2.05, 4.69) is 10.1 Å². The normalized spacial score (nSPS) is 8.46. The number of rotatable bonds is 4. The molecule has 1 amide bonds. The van der Waals surface area contributed by atoms with Gasteiger partial charge in [0.25, 0.3) is 0 Å². The zero-order valence-corrected chi connectivity index (χ0v) is 8.36. The summed E-state index contributed by atoms with van der Waals surface area (Å²) in [6.45, 7) is 1.05. The van der Waals surface area contributed by atoms with Crippen LogP contribution in [0.3, 0.4) is 0 Å². The van der Waals surface area contributed by atoms with Gasteiger partial charge in [0.05, 0.1) is 7.11 Å². The molecule has 0 saturated carbocycles. The zero-order chi connectivity index (χ0) is 9.40. The van der Waals surface area contributed by atoms with Crippen molar-refractivity contribution in [2.75, 3.05) is 20.2 Å². The van der Waals surface area contributed by atoms with Crippen LogP contribution in [-0.4, -0.2) is 32.1 Å². The van der Waals surface area contributed by atoms with Crippen molar-refractivity contribution in [3.05, 3.63) is 0 Å². The summed E-state index contributed by atoms with van der Waals surface area (Å²) in [7, 11) is 1.17. The first-order valence-electron chi connectivity index (χ1n) is 3.78. The topological polar surface area (TPSA) is 81.4 Å². The van der Waals surface area contributed by atoms with E-state index in [-0.39, 0.29) is 12.4 Å². The smallest absolute Gasteiger partial charge is 0.396 e. The lowest BCUT2D eigenvalue weighted by atomic mass is 10.3. The molecular weight excluding hydrogens is 196 g/mol. The second kappa shape index (κ2) is 9.28. The van der Waals surface area contributed by atoms with Crippen molar-refractivity contribution in [1.82, 2.24) is 5.32 Å². The fourth-order valence-corrected chi connectivity index (χ4v) is 0.636. The maximum absolute atomic E-state index is 10.7. The van der Waals surface area contributed by atoms with Gasteiger partial charge in [0.2, 0.25) is 0 Å². The Labute approximate surface area is 83.4 Å². The zero-order valence-electron chi connectivity index (χ0n) is 7.54. The average molecular weight is 211 g/mol. The molecule has 3 N–H and O–H groups in total. The molecule has 6 heteroatoms. The number of methoxy groups -OCH3 is 1. The summed E-state index contributed by atoms with van der Waals surface area (Å²) in [4.78, 5) is 21.2. The number of ether oxygens (including phenoxy) is 1. The molecule has 0 aromatic rings. The number of hydrogen-bond acceptors (Lipinski definition) is 4. The number of esters is 1. The summed E-state index contributed by atoms with van der Waals surface area (Å²) in [6.07, 6.45) is 1.61. The predicted molar refractivity (Wildman–Crippen MR) is 50.6 cm³/mol. The van der Waals surface area contributed by atoms with Crippen molar-refractivity contribution in [3.8, 4) is 0 Å². The number of carbonyl (C=O) groups is 2. The first kappa shape index (κ1) is 14.7. The van der Waals surface area contributed by atoms with Crippen LogP contribution in [0.15, 0.2) is 0 Å². The maximum atomic E-state index is 10.7. The number of amides is 1. The minimum Gasteiger partial charge on any atom is -0.462 e. The lowest BCUT2D eigenvalue weighted by molar-refractivity contribution is -0.152. The van der Waals surface area contributed by atoms with Gasteiger partial charge >= 0.3 is 11.9 Å². The second-order valence-corrected chi connectivity index (χ2v) is 2.24. The van der Waals surface area contributed by atoms with Crippen LogP contribution < -0.4 is 11.1 Å². The van der Waals surface area contributed by atoms with Gasteiger partial charge in [0.1, 0.15) is 0 Å². The van der Waals surface area contributed by atoms with Crippen molar-refractivity contribution in [1.29, 1.82) is 0 Å². The number of nitrogens with two attached hydrogens (primary N) is 1. The molecule has 0 aliphatic rings.